The lowest BCUT2D eigenvalue weighted by atomic mass is 10.2. The highest BCUT2D eigenvalue weighted by molar-refractivity contribution is 7.30. The molecule has 4 nitrogen and oxygen atoms in total. The second-order valence-electron chi connectivity index (χ2n) is 1.98. The fraction of sp³-hybridized carbons (Fsp3) is 0.143. The average molecular weight is 188 g/mol. The SMILES string of the molecule is O=[P+]([O-])OCc1ccccc1.[NH4+]. The van der Waals surface area contributed by atoms with Crippen molar-refractivity contribution in [1.29, 1.82) is 0 Å². The number of quaternary nitrogens is 1. The van der Waals surface area contributed by atoms with Crippen LogP contribution in [0.25, 0.3) is 0 Å². The van der Waals surface area contributed by atoms with E-state index in [-0.39, 0.29) is 12.8 Å². The fourth-order valence-corrected chi connectivity index (χ4v) is 0.956. The second kappa shape index (κ2) is 5.80. The summed E-state index contributed by atoms with van der Waals surface area (Å²) in [6.07, 6.45) is 0. The number of benzene rings is 1. The zero-order valence-electron chi connectivity index (χ0n) is 6.77. The van der Waals surface area contributed by atoms with Crippen molar-refractivity contribution in [3.05, 3.63) is 35.9 Å². The van der Waals surface area contributed by atoms with Crippen molar-refractivity contribution < 1.29 is 14.0 Å². The first-order valence-electron chi connectivity index (χ1n) is 3.10. The minimum Gasteiger partial charge on any atom is -0.566 e. The van der Waals surface area contributed by atoms with Crippen molar-refractivity contribution in [3.8, 4) is 0 Å². The zero-order valence-corrected chi connectivity index (χ0v) is 7.66. The maximum Gasteiger partial charge on any atom is 0.488 e. The molecule has 0 fully saturated rings. The van der Waals surface area contributed by atoms with E-state index in [1.54, 1.807) is 12.1 Å². The van der Waals surface area contributed by atoms with Gasteiger partial charge in [0.1, 0.15) is 6.61 Å². The van der Waals surface area contributed by atoms with Crippen LogP contribution in [0.2, 0.25) is 0 Å². The molecule has 0 aliphatic carbocycles. The molecule has 1 aromatic carbocycles. The normalized spacial score (nSPS) is 10.2. The van der Waals surface area contributed by atoms with Crippen molar-refractivity contribution in [1.82, 2.24) is 6.15 Å². The summed E-state index contributed by atoms with van der Waals surface area (Å²) in [7, 11) is -2.72. The van der Waals surface area contributed by atoms with Gasteiger partial charge in [0.25, 0.3) is 0 Å². The third-order valence-corrected chi connectivity index (χ3v) is 1.52. The van der Waals surface area contributed by atoms with E-state index in [1.165, 1.54) is 0 Å². The van der Waals surface area contributed by atoms with E-state index in [1.807, 2.05) is 18.2 Å². The first-order valence-corrected chi connectivity index (χ1v) is 4.20. The van der Waals surface area contributed by atoms with E-state index in [9.17, 15) is 9.46 Å². The summed E-state index contributed by atoms with van der Waals surface area (Å²) in [4.78, 5) is 9.99. The molecule has 12 heavy (non-hydrogen) atoms. The molecular formula is C7H11NO3P+. The molecule has 1 aromatic rings. The van der Waals surface area contributed by atoms with Crippen LogP contribution in [-0.2, 0) is 15.7 Å². The molecule has 4 N–H and O–H groups in total. The topological polar surface area (TPSA) is 85.9 Å². The van der Waals surface area contributed by atoms with Crippen LogP contribution in [-0.4, -0.2) is 0 Å². The van der Waals surface area contributed by atoms with Gasteiger partial charge >= 0.3 is 8.25 Å². The second-order valence-corrected chi connectivity index (χ2v) is 2.69. The van der Waals surface area contributed by atoms with E-state index >= 15 is 0 Å². The van der Waals surface area contributed by atoms with Gasteiger partial charge in [-0.1, -0.05) is 30.3 Å². The van der Waals surface area contributed by atoms with E-state index in [4.69, 9.17) is 0 Å². The first-order chi connectivity index (χ1) is 5.29. The molecule has 0 aromatic heterocycles. The summed E-state index contributed by atoms with van der Waals surface area (Å²) in [5.74, 6) is 0. The van der Waals surface area contributed by atoms with Crippen LogP contribution in [0.3, 0.4) is 0 Å². The average Bonchev–Trinajstić information content (AvgIpc) is 2.03. The van der Waals surface area contributed by atoms with Crippen molar-refractivity contribution in [2.75, 3.05) is 0 Å². The lowest BCUT2D eigenvalue weighted by Gasteiger charge is -1.93. The van der Waals surface area contributed by atoms with Gasteiger partial charge in [0, 0.05) is 0 Å². The Balaban J connectivity index is 0.00000121. The molecule has 0 aliphatic heterocycles. The lowest BCUT2D eigenvalue weighted by Crippen LogP contribution is -1.91. The minimum absolute atomic E-state index is 0. The predicted octanol–water partition coefficient (Wildman–Crippen LogP) is 1.60. The summed E-state index contributed by atoms with van der Waals surface area (Å²) >= 11 is 0. The molecule has 1 unspecified atom stereocenters. The highest BCUT2D eigenvalue weighted by atomic mass is 31.1. The highest BCUT2D eigenvalue weighted by Gasteiger charge is 2.00. The van der Waals surface area contributed by atoms with E-state index < -0.39 is 8.25 Å². The Morgan fingerprint density at radius 3 is 2.42 bits per heavy atom. The molecule has 0 amide bonds. The molecule has 0 radical (unpaired) electrons. The zero-order chi connectivity index (χ0) is 8.10. The van der Waals surface area contributed by atoms with Gasteiger partial charge in [-0.2, -0.15) is 0 Å². The van der Waals surface area contributed by atoms with Crippen LogP contribution >= 0.6 is 8.25 Å². The summed E-state index contributed by atoms with van der Waals surface area (Å²) in [5, 5.41) is 0. The van der Waals surface area contributed by atoms with Crippen molar-refractivity contribution in [3.63, 3.8) is 0 Å². The van der Waals surface area contributed by atoms with Crippen LogP contribution in [0.1, 0.15) is 5.56 Å². The lowest BCUT2D eigenvalue weighted by molar-refractivity contribution is -0.186. The third kappa shape index (κ3) is 4.16. The maximum absolute atomic E-state index is 9.99. The molecule has 1 atom stereocenters. The van der Waals surface area contributed by atoms with Gasteiger partial charge in [-0.05, 0) is 10.1 Å². The molecule has 0 aliphatic rings. The molecule has 0 saturated heterocycles. The Labute approximate surface area is 71.7 Å². The number of hydrogen-bond donors (Lipinski definition) is 1. The summed E-state index contributed by atoms with van der Waals surface area (Å²) in [5.41, 5.74) is 0.853. The van der Waals surface area contributed by atoms with E-state index in [0.29, 0.717) is 0 Å². The highest BCUT2D eigenvalue weighted by Crippen LogP contribution is 2.12. The summed E-state index contributed by atoms with van der Waals surface area (Å²) in [6.45, 7) is 0.125. The van der Waals surface area contributed by atoms with Gasteiger partial charge in [-0.25, -0.2) is 0 Å². The molecule has 1 rings (SSSR count). The van der Waals surface area contributed by atoms with Gasteiger partial charge in [0.05, 0.1) is 0 Å². The predicted molar refractivity (Wildman–Crippen MR) is 44.8 cm³/mol. The van der Waals surface area contributed by atoms with Crippen molar-refractivity contribution in [2.45, 2.75) is 6.61 Å². The fourth-order valence-electron chi connectivity index (χ4n) is 0.701. The Bertz CT molecular complexity index is 240. The molecule has 0 heterocycles. The van der Waals surface area contributed by atoms with E-state index in [2.05, 4.69) is 4.52 Å². The van der Waals surface area contributed by atoms with Crippen LogP contribution in [0, 0.1) is 0 Å². The summed E-state index contributed by atoms with van der Waals surface area (Å²) in [6, 6.07) is 9.13. The van der Waals surface area contributed by atoms with Gasteiger partial charge in [-0.15, -0.1) is 4.52 Å². The van der Waals surface area contributed by atoms with Crippen LogP contribution < -0.4 is 11.0 Å². The molecular weight excluding hydrogens is 177 g/mol. The Morgan fingerprint density at radius 1 is 1.33 bits per heavy atom. The monoisotopic (exact) mass is 188 g/mol. The maximum atomic E-state index is 9.99. The minimum atomic E-state index is -2.72. The molecule has 0 bridgehead atoms. The number of hydrogen-bond acceptors (Lipinski definition) is 3. The standard InChI is InChI=1S/C7H7O3P.H3N/c8-11(9)10-6-7-4-2-1-3-5-7;/h1-5H,6H2;1H3/p+1. The van der Waals surface area contributed by atoms with Crippen LogP contribution in [0.4, 0.5) is 0 Å². The Kier molecular flexibility index (Phi) is 5.41. The van der Waals surface area contributed by atoms with Crippen molar-refractivity contribution in [2.24, 2.45) is 0 Å². The number of rotatable bonds is 3. The van der Waals surface area contributed by atoms with Gasteiger partial charge < -0.3 is 11.0 Å². The van der Waals surface area contributed by atoms with E-state index in [0.717, 1.165) is 5.56 Å². The van der Waals surface area contributed by atoms with Crippen LogP contribution in [0.15, 0.2) is 30.3 Å². The van der Waals surface area contributed by atoms with Gasteiger partial charge in [-0.3, -0.25) is 0 Å². The summed E-state index contributed by atoms with van der Waals surface area (Å²) < 4.78 is 14.4. The Morgan fingerprint density at radius 2 is 1.92 bits per heavy atom. The van der Waals surface area contributed by atoms with Gasteiger partial charge in [0.15, 0.2) is 0 Å². The van der Waals surface area contributed by atoms with Gasteiger partial charge in [0.2, 0.25) is 0 Å². The third-order valence-electron chi connectivity index (χ3n) is 1.18. The quantitative estimate of drug-likeness (QED) is 0.730. The molecule has 5 heteroatoms. The first kappa shape index (κ1) is 11.2. The van der Waals surface area contributed by atoms with Crippen LogP contribution in [0.5, 0.6) is 0 Å². The molecule has 0 spiro atoms. The Hall–Kier alpha value is -0.800. The largest absolute Gasteiger partial charge is 0.566 e. The smallest absolute Gasteiger partial charge is 0.488 e. The molecule has 66 valence electrons. The molecule has 0 saturated carbocycles. The van der Waals surface area contributed by atoms with Crippen molar-refractivity contribution >= 4 is 8.25 Å².